The first kappa shape index (κ1) is 13.4. The monoisotopic (exact) mass is 238 g/mol. The molecule has 2 rings (SSSR count). The van der Waals surface area contributed by atoms with Crippen LogP contribution in [0.2, 0.25) is 0 Å². The summed E-state index contributed by atoms with van der Waals surface area (Å²) >= 11 is 0. The number of rotatable bonds is 3. The van der Waals surface area contributed by atoms with Gasteiger partial charge in [0.05, 0.1) is 0 Å². The van der Waals surface area contributed by atoms with Crippen LogP contribution in [-0.2, 0) is 0 Å². The van der Waals surface area contributed by atoms with Crippen molar-refractivity contribution in [2.75, 3.05) is 20.1 Å². The molecule has 1 aliphatic carbocycles. The van der Waals surface area contributed by atoms with E-state index in [2.05, 4.69) is 38.0 Å². The molecular formula is C15H30N2. The largest absolute Gasteiger partial charge is 0.317 e. The lowest BCUT2D eigenvalue weighted by Crippen LogP contribution is -2.47. The van der Waals surface area contributed by atoms with Crippen molar-refractivity contribution >= 4 is 0 Å². The highest BCUT2D eigenvalue weighted by atomic mass is 15.2. The predicted octanol–water partition coefficient (Wildman–Crippen LogP) is 2.89. The second-order valence-electron chi connectivity index (χ2n) is 7.05. The highest BCUT2D eigenvalue weighted by Crippen LogP contribution is 2.39. The Kier molecular flexibility index (Phi) is 4.14. The number of hydrogen-bond donors (Lipinski definition) is 1. The van der Waals surface area contributed by atoms with Crippen molar-refractivity contribution < 1.29 is 0 Å². The molecule has 0 aromatic heterocycles. The molecule has 3 unspecified atom stereocenters. The molecule has 2 heteroatoms. The molecule has 17 heavy (non-hydrogen) atoms. The van der Waals surface area contributed by atoms with E-state index in [1.54, 1.807) is 0 Å². The first-order valence-electron chi connectivity index (χ1n) is 7.43. The third-order valence-corrected chi connectivity index (χ3v) is 5.05. The zero-order valence-corrected chi connectivity index (χ0v) is 12.1. The lowest BCUT2D eigenvalue weighted by molar-refractivity contribution is 0.101. The summed E-state index contributed by atoms with van der Waals surface area (Å²) in [5, 5.41) is 3.55. The summed E-state index contributed by atoms with van der Waals surface area (Å²) in [5.41, 5.74) is 0.557. The van der Waals surface area contributed by atoms with E-state index in [1.165, 1.54) is 45.2 Å². The van der Waals surface area contributed by atoms with Gasteiger partial charge in [-0.25, -0.2) is 0 Å². The van der Waals surface area contributed by atoms with Gasteiger partial charge in [-0.15, -0.1) is 0 Å². The van der Waals surface area contributed by atoms with Crippen LogP contribution in [0.4, 0.5) is 0 Å². The van der Waals surface area contributed by atoms with Gasteiger partial charge in [0.2, 0.25) is 0 Å². The van der Waals surface area contributed by atoms with Crippen LogP contribution in [-0.4, -0.2) is 37.1 Å². The standard InChI is InChI=1S/C15H30N2/c1-12-6-5-9-17(12)11-13-10-15(2,3)8-7-14(13)16-4/h12-14,16H,5-11H2,1-4H3. The molecule has 0 aromatic carbocycles. The molecule has 1 heterocycles. The van der Waals surface area contributed by atoms with Crippen molar-refractivity contribution in [2.45, 2.75) is 65.0 Å². The molecule has 1 saturated heterocycles. The number of nitrogens with zero attached hydrogens (tertiary/aromatic N) is 1. The maximum Gasteiger partial charge on any atom is 0.0105 e. The van der Waals surface area contributed by atoms with Crippen LogP contribution in [0.15, 0.2) is 0 Å². The SMILES string of the molecule is CNC1CCC(C)(C)CC1CN1CCCC1C. The van der Waals surface area contributed by atoms with Gasteiger partial charge in [0.15, 0.2) is 0 Å². The molecule has 1 N–H and O–H groups in total. The van der Waals surface area contributed by atoms with Gasteiger partial charge in [-0.3, -0.25) is 0 Å². The van der Waals surface area contributed by atoms with Gasteiger partial charge in [0.1, 0.15) is 0 Å². The molecule has 2 nitrogen and oxygen atoms in total. The molecule has 0 aromatic rings. The topological polar surface area (TPSA) is 15.3 Å². The van der Waals surface area contributed by atoms with Crippen LogP contribution in [0.1, 0.15) is 52.9 Å². The fourth-order valence-electron chi connectivity index (χ4n) is 3.87. The zero-order chi connectivity index (χ0) is 12.5. The summed E-state index contributed by atoms with van der Waals surface area (Å²) in [5.74, 6) is 0.851. The molecule has 3 atom stereocenters. The average Bonchev–Trinajstić information content (AvgIpc) is 2.64. The van der Waals surface area contributed by atoms with Gasteiger partial charge in [-0.05, 0) is 64.0 Å². The Morgan fingerprint density at radius 3 is 2.65 bits per heavy atom. The van der Waals surface area contributed by atoms with Gasteiger partial charge in [0, 0.05) is 18.6 Å². The lowest BCUT2D eigenvalue weighted by atomic mass is 9.69. The van der Waals surface area contributed by atoms with E-state index in [9.17, 15) is 0 Å². The van der Waals surface area contributed by atoms with Crippen LogP contribution >= 0.6 is 0 Å². The van der Waals surface area contributed by atoms with E-state index < -0.39 is 0 Å². The van der Waals surface area contributed by atoms with Crippen molar-refractivity contribution in [3.05, 3.63) is 0 Å². The summed E-state index contributed by atoms with van der Waals surface area (Å²) in [4.78, 5) is 2.72. The minimum absolute atomic E-state index is 0.557. The van der Waals surface area contributed by atoms with E-state index >= 15 is 0 Å². The maximum absolute atomic E-state index is 3.55. The Hall–Kier alpha value is -0.0800. The van der Waals surface area contributed by atoms with E-state index in [0.29, 0.717) is 5.41 Å². The first-order chi connectivity index (χ1) is 8.02. The van der Waals surface area contributed by atoms with Crippen molar-refractivity contribution in [2.24, 2.45) is 11.3 Å². The molecule has 0 bridgehead atoms. The molecule has 1 saturated carbocycles. The summed E-state index contributed by atoms with van der Waals surface area (Å²) in [7, 11) is 2.14. The quantitative estimate of drug-likeness (QED) is 0.813. The molecular weight excluding hydrogens is 208 g/mol. The van der Waals surface area contributed by atoms with Crippen LogP contribution in [0, 0.1) is 11.3 Å². The fourth-order valence-corrected chi connectivity index (χ4v) is 3.87. The third kappa shape index (κ3) is 3.23. The highest BCUT2D eigenvalue weighted by molar-refractivity contribution is 4.91. The van der Waals surface area contributed by atoms with Crippen molar-refractivity contribution in [1.82, 2.24) is 10.2 Å². The summed E-state index contributed by atoms with van der Waals surface area (Å²) in [6.07, 6.45) is 6.94. The summed E-state index contributed by atoms with van der Waals surface area (Å²) in [6, 6.07) is 1.56. The normalized spacial score (nSPS) is 38.5. The van der Waals surface area contributed by atoms with Gasteiger partial charge in [0.25, 0.3) is 0 Å². The number of likely N-dealkylation sites (tertiary alicyclic amines) is 1. The molecule has 2 fully saturated rings. The summed E-state index contributed by atoms with van der Waals surface area (Å²) < 4.78 is 0. The van der Waals surface area contributed by atoms with E-state index in [1.807, 2.05) is 0 Å². The number of hydrogen-bond acceptors (Lipinski definition) is 2. The predicted molar refractivity (Wildman–Crippen MR) is 74.2 cm³/mol. The maximum atomic E-state index is 3.55. The Balaban J connectivity index is 1.95. The van der Waals surface area contributed by atoms with Crippen molar-refractivity contribution in [3.63, 3.8) is 0 Å². The third-order valence-electron chi connectivity index (χ3n) is 5.05. The molecule has 1 aliphatic heterocycles. The molecule has 0 amide bonds. The van der Waals surface area contributed by atoms with E-state index in [4.69, 9.17) is 0 Å². The highest BCUT2D eigenvalue weighted by Gasteiger charge is 2.36. The van der Waals surface area contributed by atoms with E-state index in [0.717, 1.165) is 18.0 Å². The Bertz CT molecular complexity index is 249. The van der Waals surface area contributed by atoms with Gasteiger partial charge < -0.3 is 10.2 Å². The second kappa shape index (κ2) is 5.27. The van der Waals surface area contributed by atoms with Crippen LogP contribution in [0.3, 0.4) is 0 Å². The van der Waals surface area contributed by atoms with Crippen LogP contribution in [0.5, 0.6) is 0 Å². The van der Waals surface area contributed by atoms with Gasteiger partial charge in [-0.2, -0.15) is 0 Å². The Morgan fingerprint density at radius 1 is 1.29 bits per heavy atom. The zero-order valence-electron chi connectivity index (χ0n) is 12.1. The molecule has 100 valence electrons. The molecule has 2 aliphatic rings. The van der Waals surface area contributed by atoms with Crippen molar-refractivity contribution in [3.8, 4) is 0 Å². The minimum atomic E-state index is 0.557. The second-order valence-corrected chi connectivity index (χ2v) is 7.05. The van der Waals surface area contributed by atoms with Crippen LogP contribution in [0.25, 0.3) is 0 Å². The fraction of sp³-hybridized carbons (Fsp3) is 1.00. The Morgan fingerprint density at radius 2 is 2.06 bits per heavy atom. The Labute approximate surface area is 107 Å². The lowest BCUT2D eigenvalue weighted by Gasteiger charge is -2.42. The first-order valence-corrected chi connectivity index (χ1v) is 7.43. The number of nitrogens with one attached hydrogen (secondary N) is 1. The molecule has 0 radical (unpaired) electrons. The van der Waals surface area contributed by atoms with Crippen molar-refractivity contribution in [1.29, 1.82) is 0 Å². The minimum Gasteiger partial charge on any atom is -0.317 e. The average molecular weight is 238 g/mol. The summed E-state index contributed by atoms with van der Waals surface area (Å²) in [6.45, 7) is 9.93. The van der Waals surface area contributed by atoms with E-state index in [-0.39, 0.29) is 0 Å². The van der Waals surface area contributed by atoms with Gasteiger partial charge in [-0.1, -0.05) is 13.8 Å². The van der Waals surface area contributed by atoms with Crippen LogP contribution < -0.4 is 5.32 Å². The smallest absolute Gasteiger partial charge is 0.0105 e. The van der Waals surface area contributed by atoms with Gasteiger partial charge >= 0.3 is 0 Å². The molecule has 0 spiro atoms.